The Bertz CT molecular complexity index is 216. The van der Waals surface area contributed by atoms with Crippen LogP contribution in [0.5, 0.6) is 0 Å². The minimum atomic E-state index is 0. The Morgan fingerprint density at radius 3 is 1.36 bits per heavy atom. The molecule has 0 bridgehead atoms. The third-order valence-electron chi connectivity index (χ3n) is 4.70. The number of unbranched alkanes of at least 4 members (excludes halogenated alkanes) is 11. The molecule has 0 aromatic rings. The first-order chi connectivity index (χ1) is 10.0. The van der Waals surface area contributed by atoms with Crippen LogP contribution < -0.4 is 17.0 Å². The monoisotopic (exact) mass is 379 g/mol. The summed E-state index contributed by atoms with van der Waals surface area (Å²) in [6, 6.07) is 0.410. The largest absolute Gasteiger partial charge is 1.00 e. The van der Waals surface area contributed by atoms with Crippen molar-refractivity contribution in [1.29, 1.82) is 0 Å². The molecular formula is C19H42BrNO. The van der Waals surface area contributed by atoms with Crippen molar-refractivity contribution in [3.05, 3.63) is 0 Å². The molecule has 2 nitrogen and oxygen atoms in total. The van der Waals surface area contributed by atoms with Crippen molar-refractivity contribution in [3.8, 4) is 0 Å². The van der Waals surface area contributed by atoms with Crippen LogP contribution in [0, 0.1) is 0 Å². The van der Waals surface area contributed by atoms with Gasteiger partial charge in [-0.25, -0.2) is 0 Å². The van der Waals surface area contributed by atoms with Crippen LogP contribution in [0.25, 0.3) is 0 Å². The molecule has 22 heavy (non-hydrogen) atoms. The van der Waals surface area contributed by atoms with Crippen LogP contribution in [0.3, 0.4) is 0 Å². The number of rotatable bonds is 15. The lowest BCUT2D eigenvalue weighted by atomic mass is 10.0. The zero-order chi connectivity index (χ0) is 16.0. The summed E-state index contributed by atoms with van der Waals surface area (Å²) in [7, 11) is 6.55. The van der Waals surface area contributed by atoms with Gasteiger partial charge in [0.1, 0.15) is 6.04 Å². The van der Waals surface area contributed by atoms with E-state index in [0.717, 1.165) is 10.9 Å². The van der Waals surface area contributed by atoms with E-state index in [2.05, 4.69) is 28.1 Å². The summed E-state index contributed by atoms with van der Waals surface area (Å²) < 4.78 is 0.883. The second-order valence-electron chi connectivity index (χ2n) is 7.63. The van der Waals surface area contributed by atoms with E-state index in [9.17, 15) is 5.11 Å². The summed E-state index contributed by atoms with van der Waals surface area (Å²) in [5, 5.41) is 9.42. The molecule has 1 unspecified atom stereocenters. The zero-order valence-corrected chi connectivity index (χ0v) is 17.3. The summed E-state index contributed by atoms with van der Waals surface area (Å²) in [6.07, 6.45) is 18.0. The first kappa shape index (κ1) is 24.6. The first-order valence-electron chi connectivity index (χ1n) is 9.44. The van der Waals surface area contributed by atoms with Gasteiger partial charge in [0.05, 0.1) is 27.7 Å². The lowest BCUT2D eigenvalue weighted by molar-refractivity contribution is -0.897. The summed E-state index contributed by atoms with van der Waals surface area (Å²) in [5.41, 5.74) is 0. The van der Waals surface area contributed by atoms with Crippen LogP contribution >= 0.6 is 0 Å². The third-order valence-corrected chi connectivity index (χ3v) is 4.70. The van der Waals surface area contributed by atoms with Gasteiger partial charge in [-0.3, -0.25) is 0 Å². The Balaban J connectivity index is 0. The van der Waals surface area contributed by atoms with Crippen molar-refractivity contribution in [1.82, 2.24) is 0 Å². The minimum absolute atomic E-state index is 0. The standard InChI is InChI=1S/C19H42NO.BrH/c1-5-6-7-8-9-10-11-12-13-14-15-16-17-19(18-21)20(2,3)4;/h19,21H,5-18H2,1-4H3;1H/q+1;/p-1. The highest BCUT2D eigenvalue weighted by atomic mass is 79.9. The van der Waals surface area contributed by atoms with Crippen molar-refractivity contribution in [2.45, 2.75) is 96.4 Å². The lowest BCUT2D eigenvalue weighted by Gasteiger charge is -2.33. The third kappa shape index (κ3) is 15.3. The second kappa shape index (κ2) is 16.3. The van der Waals surface area contributed by atoms with Crippen LogP contribution in [0.4, 0.5) is 0 Å². The maximum Gasteiger partial charge on any atom is 0.112 e. The molecule has 0 amide bonds. The SMILES string of the molecule is CCCCCCCCCCCCCCC(CO)[N+](C)(C)C.[Br-]. The van der Waals surface area contributed by atoms with Crippen LogP contribution in [0.1, 0.15) is 90.4 Å². The van der Waals surface area contributed by atoms with Crippen molar-refractivity contribution in [2.75, 3.05) is 27.7 Å². The first-order valence-corrected chi connectivity index (χ1v) is 9.44. The summed E-state index contributed by atoms with van der Waals surface area (Å²) in [6.45, 7) is 2.60. The number of hydrogen-bond acceptors (Lipinski definition) is 1. The normalized spacial score (nSPS) is 13.0. The highest BCUT2D eigenvalue weighted by Gasteiger charge is 2.21. The molecule has 0 aliphatic carbocycles. The fourth-order valence-corrected chi connectivity index (χ4v) is 2.94. The molecule has 0 aromatic carbocycles. The molecule has 0 aliphatic rings. The molecule has 1 N–H and O–H groups in total. The quantitative estimate of drug-likeness (QED) is 0.341. The molecule has 0 radical (unpaired) electrons. The van der Waals surface area contributed by atoms with Gasteiger partial charge < -0.3 is 26.6 Å². The number of nitrogens with zero attached hydrogens (tertiary/aromatic N) is 1. The molecule has 0 aromatic heterocycles. The summed E-state index contributed by atoms with van der Waals surface area (Å²) in [5.74, 6) is 0. The lowest BCUT2D eigenvalue weighted by Crippen LogP contribution is -3.00. The molecule has 136 valence electrons. The fourth-order valence-electron chi connectivity index (χ4n) is 2.94. The Morgan fingerprint density at radius 1 is 0.682 bits per heavy atom. The predicted molar refractivity (Wildman–Crippen MR) is 94.6 cm³/mol. The van der Waals surface area contributed by atoms with Crippen molar-refractivity contribution >= 4 is 0 Å². The smallest absolute Gasteiger partial charge is 0.112 e. The zero-order valence-electron chi connectivity index (χ0n) is 15.7. The van der Waals surface area contributed by atoms with Gasteiger partial charge in [0, 0.05) is 6.42 Å². The van der Waals surface area contributed by atoms with Gasteiger partial charge in [0.15, 0.2) is 0 Å². The van der Waals surface area contributed by atoms with Crippen LogP contribution in [0.15, 0.2) is 0 Å². The van der Waals surface area contributed by atoms with Crippen molar-refractivity contribution in [3.63, 3.8) is 0 Å². The van der Waals surface area contributed by atoms with E-state index in [1.807, 2.05) is 0 Å². The van der Waals surface area contributed by atoms with Gasteiger partial charge in [-0.1, -0.05) is 77.6 Å². The van der Waals surface area contributed by atoms with Gasteiger partial charge in [-0.15, -0.1) is 0 Å². The van der Waals surface area contributed by atoms with Crippen molar-refractivity contribution in [2.24, 2.45) is 0 Å². The minimum Gasteiger partial charge on any atom is -1.00 e. The number of aliphatic hydroxyl groups is 1. The number of likely N-dealkylation sites (N-methyl/N-ethyl adjacent to an activating group) is 1. The molecule has 1 atom stereocenters. The number of halogens is 1. The predicted octanol–water partition coefficient (Wildman–Crippen LogP) is 2.15. The molecule has 0 heterocycles. The van der Waals surface area contributed by atoms with Crippen LogP contribution in [-0.2, 0) is 0 Å². The van der Waals surface area contributed by atoms with E-state index in [0.29, 0.717) is 12.6 Å². The van der Waals surface area contributed by atoms with Crippen molar-refractivity contribution < 1.29 is 26.6 Å². The Kier molecular flexibility index (Phi) is 18.2. The highest BCUT2D eigenvalue weighted by molar-refractivity contribution is 4.57. The van der Waals surface area contributed by atoms with E-state index in [-0.39, 0.29) is 17.0 Å². The molecule has 0 rings (SSSR count). The number of aliphatic hydroxyl groups excluding tert-OH is 1. The van der Waals surface area contributed by atoms with E-state index in [1.165, 1.54) is 77.0 Å². The number of hydrogen-bond donors (Lipinski definition) is 1. The van der Waals surface area contributed by atoms with E-state index in [1.54, 1.807) is 0 Å². The van der Waals surface area contributed by atoms with Gasteiger partial charge in [0.2, 0.25) is 0 Å². The number of quaternary nitrogens is 1. The molecule has 0 aliphatic heterocycles. The molecule has 3 heteroatoms. The maximum atomic E-state index is 9.42. The molecule has 0 saturated heterocycles. The Morgan fingerprint density at radius 2 is 1.05 bits per heavy atom. The van der Waals surface area contributed by atoms with Gasteiger partial charge in [-0.2, -0.15) is 0 Å². The van der Waals surface area contributed by atoms with Crippen LogP contribution in [-0.4, -0.2) is 43.4 Å². The highest BCUT2D eigenvalue weighted by Crippen LogP contribution is 2.15. The van der Waals surface area contributed by atoms with E-state index in [4.69, 9.17) is 0 Å². The Hall–Kier alpha value is 0.400. The fraction of sp³-hybridized carbons (Fsp3) is 1.00. The van der Waals surface area contributed by atoms with E-state index < -0.39 is 0 Å². The summed E-state index contributed by atoms with van der Waals surface area (Å²) in [4.78, 5) is 0. The topological polar surface area (TPSA) is 20.2 Å². The Labute approximate surface area is 151 Å². The van der Waals surface area contributed by atoms with E-state index >= 15 is 0 Å². The molecule has 0 fully saturated rings. The second-order valence-corrected chi connectivity index (χ2v) is 7.63. The van der Waals surface area contributed by atoms with Gasteiger partial charge >= 0.3 is 0 Å². The molecule has 0 spiro atoms. The average Bonchev–Trinajstić information content (AvgIpc) is 2.42. The maximum absolute atomic E-state index is 9.42. The molecular weight excluding hydrogens is 338 g/mol. The summed E-state index contributed by atoms with van der Waals surface area (Å²) >= 11 is 0. The molecule has 0 saturated carbocycles. The average molecular weight is 380 g/mol. The van der Waals surface area contributed by atoms with Gasteiger partial charge in [-0.05, 0) is 6.42 Å². The van der Waals surface area contributed by atoms with Crippen LogP contribution in [0.2, 0.25) is 0 Å². The van der Waals surface area contributed by atoms with Gasteiger partial charge in [0.25, 0.3) is 0 Å².